The molecule has 2 aliphatic carbocycles. The molecule has 5 heteroatoms. The van der Waals surface area contributed by atoms with Crippen LogP contribution in [0.4, 0.5) is 11.4 Å². The van der Waals surface area contributed by atoms with Crippen molar-refractivity contribution >= 4 is 72.9 Å². The standard InChI is InChI=1S/C67H63BN3S/c1-63(2,3)38-23-27-41(28-24-38)69-51-34-49-44(43-31-39(64(4,5)6)25-29-48(43)66(49,10)11)33-45(51)58-59-56(42-21-17-18-22-47(42)67(59,12)13)57-46-32-40(65(7,8)9)26-30-53(46)71-54-36-55-52(35-50(54)68-60(58)61(57)71)70-62(72-55)37-19-15-14-16-20-37/h14-36,69H,1-13H3. The van der Waals surface area contributed by atoms with Crippen LogP contribution in [0, 0.1) is 0 Å². The van der Waals surface area contributed by atoms with Crippen molar-refractivity contribution in [1.29, 1.82) is 0 Å². The predicted octanol–water partition coefficient (Wildman–Crippen LogP) is 16.9. The Hall–Kier alpha value is -6.69. The minimum absolute atomic E-state index is 0.00447. The molecule has 0 spiro atoms. The van der Waals surface area contributed by atoms with Crippen LogP contribution in [0.25, 0.3) is 81.7 Å². The van der Waals surface area contributed by atoms with Crippen LogP contribution in [0.15, 0.2) is 140 Å². The molecule has 0 atom stereocenters. The molecule has 10 aromatic rings. The van der Waals surface area contributed by atoms with Gasteiger partial charge < -0.3 is 9.88 Å². The van der Waals surface area contributed by atoms with Gasteiger partial charge in [-0.25, -0.2) is 4.98 Å². The van der Waals surface area contributed by atoms with E-state index in [2.05, 4.69) is 247 Å². The molecule has 0 amide bonds. The molecule has 1 N–H and O–H groups in total. The monoisotopic (exact) mass is 952 g/mol. The van der Waals surface area contributed by atoms with Crippen molar-refractivity contribution in [3.05, 3.63) is 178 Å². The fourth-order valence-electron chi connectivity index (χ4n) is 12.6. The van der Waals surface area contributed by atoms with Crippen LogP contribution in [0.1, 0.15) is 129 Å². The maximum Gasteiger partial charge on any atom is 0.198 e. The average Bonchev–Trinajstić information content (AvgIpc) is 4.04. The lowest BCUT2D eigenvalue weighted by molar-refractivity contribution is 0.589. The Morgan fingerprint density at radius 2 is 1.19 bits per heavy atom. The van der Waals surface area contributed by atoms with Crippen LogP contribution in [0.3, 0.4) is 0 Å². The van der Waals surface area contributed by atoms with E-state index in [-0.39, 0.29) is 27.1 Å². The number of hydrogen-bond donors (Lipinski definition) is 1. The van der Waals surface area contributed by atoms with Crippen molar-refractivity contribution < 1.29 is 0 Å². The molecule has 2 aromatic heterocycles. The Bertz CT molecular complexity index is 3950. The van der Waals surface area contributed by atoms with Crippen LogP contribution in [0.5, 0.6) is 0 Å². The van der Waals surface area contributed by atoms with E-state index in [9.17, 15) is 0 Å². The summed E-state index contributed by atoms with van der Waals surface area (Å²) in [5, 5.41) is 7.83. The van der Waals surface area contributed by atoms with Gasteiger partial charge >= 0.3 is 0 Å². The molecule has 0 unspecified atom stereocenters. The first kappa shape index (κ1) is 45.2. The number of nitrogens with one attached hydrogen (secondary N) is 1. The number of fused-ring (bicyclic) bond motifs is 13. The number of nitrogens with zero attached hydrogens (tertiary/aromatic N) is 2. The third-order valence-corrected chi connectivity index (χ3v) is 17.7. The molecule has 3 aliphatic rings. The molecule has 3 nitrogen and oxygen atoms in total. The topological polar surface area (TPSA) is 29.9 Å². The van der Waals surface area contributed by atoms with Crippen LogP contribution in [-0.2, 0) is 27.1 Å². The normalized spacial score (nSPS) is 15.1. The van der Waals surface area contributed by atoms with Crippen LogP contribution >= 0.6 is 11.3 Å². The van der Waals surface area contributed by atoms with Gasteiger partial charge in [-0.2, -0.15) is 0 Å². The summed E-state index contributed by atoms with van der Waals surface area (Å²) < 4.78 is 3.82. The van der Waals surface area contributed by atoms with E-state index >= 15 is 0 Å². The Morgan fingerprint density at radius 1 is 0.556 bits per heavy atom. The molecular formula is C67H63BN3S. The van der Waals surface area contributed by atoms with Gasteiger partial charge in [-0.3, -0.25) is 0 Å². The van der Waals surface area contributed by atoms with Gasteiger partial charge in [0.05, 0.1) is 15.7 Å². The third-order valence-electron chi connectivity index (χ3n) is 16.7. The molecule has 0 saturated heterocycles. The third kappa shape index (κ3) is 6.51. The molecule has 0 fully saturated rings. The Kier molecular flexibility index (Phi) is 9.39. The summed E-state index contributed by atoms with van der Waals surface area (Å²) in [6.45, 7) is 30.7. The number of thiazole rings is 1. The van der Waals surface area contributed by atoms with E-state index in [0.29, 0.717) is 0 Å². The zero-order chi connectivity index (χ0) is 50.2. The molecule has 1 aliphatic heterocycles. The van der Waals surface area contributed by atoms with Crippen LogP contribution in [-0.4, -0.2) is 16.8 Å². The van der Waals surface area contributed by atoms with Gasteiger partial charge in [-0.05, 0) is 137 Å². The SMILES string of the molecule is CC(C)(C)c1ccc(Nc2cc3c(cc2-c2c4c(c5c6cc(C(C)(C)C)ccc6n6c5c2[B]c2cc5nc(-c7ccccc7)sc5cc2-6)-c2ccccc2C4(C)C)-c2cc(C(C)(C)C)ccc2C3(C)C)cc1. The lowest BCUT2D eigenvalue weighted by atomic mass is 9.57. The van der Waals surface area contributed by atoms with Gasteiger partial charge in [-0.1, -0.05) is 186 Å². The molecule has 355 valence electrons. The molecule has 0 saturated carbocycles. The zero-order valence-electron chi connectivity index (χ0n) is 44.2. The highest BCUT2D eigenvalue weighted by molar-refractivity contribution is 7.21. The maximum atomic E-state index is 5.33. The van der Waals surface area contributed by atoms with E-state index in [0.717, 1.165) is 27.5 Å². The molecule has 0 bridgehead atoms. The second-order valence-corrected chi connectivity index (χ2v) is 26.2. The van der Waals surface area contributed by atoms with Crippen molar-refractivity contribution in [2.75, 3.05) is 5.32 Å². The zero-order valence-corrected chi connectivity index (χ0v) is 45.0. The van der Waals surface area contributed by atoms with Gasteiger partial charge in [0.2, 0.25) is 0 Å². The maximum absolute atomic E-state index is 5.33. The lowest BCUT2D eigenvalue weighted by Gasteiger charge is -2.31. The molecular weight excluding hydrogens is 890 g/mol. The number of rotatable bonds is 4. The fourth-order valence-corrected chi connectivity index (χ4v) is 13.6. The molecule has 1 radical (unpaired) electrons. The second kappa shape index (κ2) is 15.0. The van der Waals surface area contributed by atoms with E-state index in [1.807, 2.05) is 0 Å². The molecule has 13 rings (SSSR count). The largest absolute Gasteiger partial charge is 0.355 e. The van der Waals surface area contributed by atoms with Gasteiger partial charge in [0.25, 0.3) is 0 Å². The summed E-state index contributed by atoms with van der Waals surface area (Å²) in [6.07, 6.45) is 0. The first-order valence-corrected chi connectivity index (χ1v) is 26.8. The minimum atomic E-state index is -0.333. The first-order valence-electron chi connectivity index (χ1n) is 25.9. The van der Waals surface area contributed by atoms with Gasteiger partial charge in [-0.15, -0.1) is 11.3 Å². The second-order valence-electron chi connectivity index (χ2n) is 25.2. The highest BCUT2D eigenvalue weighted by Crippen LogP contribution is 2.59. The number of aromatic nitrogens is 2. The Morgan fingerprint density at radius 3 is 1.92 bits per heavy atom. The van der Waals surface area contributed by atoms with Gasteiger partial charge in [0, 0.05) is 55.3 Å². The lowest BCUT2D eigenvalue weighted by Crippen LogP contribution is -2.38. The molecule has 8 aromatic carbocycles. The number of benzene rings is 8. The van der Waals surface area contributed by atoms with Crippen molar-refractivity contribution in [1.82, 2.24) is 9.55 Å². The summed E-state index contributed by atoms with van der Waals surface area (Å²) >= 11 is 1.78. The van der Waals surface area contributed by atoms with Crippen LogP contribution < -0.4 is 16.2 Å². The summed E-state index contributed by atoms with van der Waals surface area (Å²) in [7, 11) is 2.53. The average molecular weight is 953 g/mol. The number of anilines is 2. The van der Waals surface area contributed by atoms with E-state index in [4.69, 9.17) is 4.98 Å². The summed E-state index contributed by atoms with van der Waals surface area (Å²) in [4.78, 5) is 5.33. The first-order chi connectivity index (χ1) is 34.1. The fraction of sp³-hybridized carbons (Fsp3) is 0.269. The van der Waals surface area contributed by atoms with E-state index in [1.54, 1.807) is 11.3 Å². The summed E-state index contributed by atoms with van der Waals surface area (Å²) in [5.41, 5.74) is 27.4. The van der Waals surface area contributed by atoms with E-state index in [1.165, 1.54) is 115 Å². The Labute approximate surface area is 430 Å². The quantitative estimate of drug-likeness (QED) is 0.178. The van der Waals surface area contributed by atoms with Crippen LogP contribution in [0.2, 0.25) is 0 Å². The summed E-state index contributed by atoms with van der Waals surface area (Å²) in [6, 6.07) is 53.5. The number of hydrogen-bond acceptors (Lipinski definition) is 3. The highest BCUT2D eigenvalue weighted by Gasteiger charge is 2.44. The van der Waals surface area contributed by atoms with Gasteiger partial charge in [0.15, 0.2) is 7.28 Å². The molecule has 72 heavy (non-hydrogen) atoms. The molecule has 3 heterocycles. The van der Waals surface area contributed by atoms with E-state index < -0.39 is 0 Å². The smallest absolute Gasteiger partial charge is 0.198 e. The highest BCUT2D eigenvalue weighted by atomic mass is 32.1. The van der Waals surface area contributed by atoms with Crippen molar-refractivity contribution in [3.63, 3.8) is 0 Å². The predicted molar refractivity (Wildman–Crippen MR) is 311 cm³/mol. The van der Waals surface area contributed by atoms with Crippen molar-refractivity contribution in [2.24, 2.45) is 0 Å². The van der Waals surface area contributed by atoms with Gasteiger partial charge in [0.1, 0.15) is 5.01 Å². The Balaban J connectivity index is 1.18. The summed E-state index contributed by atoms with van der Waals surface area (Å²) in [5.74, 6) is 0. The minimum Gasteiger partial charge on any atom is -0.355 e. The van der Waals surface area contributed by atoms with Crippen molar-refractivity contribution in [2.45, 2.75) is 117 Å². The van der Waals surface area contributed by atoms with Crippen molar-refractivity contribution in [3.8, 4) is 49.6 Å².